The molecule has 1 aromatic heterocycles. The molecule has 2 aromatic carbocycles. The van der Waals surface area contributed by atoms with Crippen LogP contribution in [0.4, 0.5) is 5.69 Å². The van der Waals surface area contributed by atoms with Crippen molar-refractivity contribution in [1.29, 1.82) is 0 Å². The molecule has 1 aliphatic heterocycles. The standard InChI is InChI=1S/C24H20ClNO5S/c1-13-9-10-32-23(13)20-19(21(27)14-7-8-17(25)18(11-14)31-3)22(28)24(29)26(20)15-5-4-6-16(12-15)30-2/h4-12,20,27H,1-3H3/b21-19-. The molecule has 1 atom stereocenters. The van der Waals surface area contributed by atoms with Gasteiger partial charge in [-0.15, -0.1) is 11.3 Å². The molecule has 6 nitrogen and oxygen atoms in total. The first-order valence-electron chi connectivity index (χ1n) is 9.70. The topological polar surface area (TPSA) is 76.1 Å². The summed E-state index contributed by atoms with van der Waals surface area (Å²) < 4.78 is 10.5. The molecular formula is C24H20ClNO5S. The van der Waals surface area contributed by atoms with Crippen LogP contribution in [0.3, 0.4) is 0 Å². The number of carbonyl (C=O) groups is 2. The number of Topliss-reactive ketones (excluding diaryl/α,β-unsaturated/α-hetero) is 1. The molecule has 1 aliphatic rings. The lowest BCUT2D eigenvalue weighted by atomic mass is 9.98. The fourth-order valence-corrected chi connectivity index (χ4v) is 4.95. The van der Waals surface area contributed by atoms with Crippen LogP contribution in [0, 0.1) is 6.92 Å². The maximum absolute atomic E-state index is 13.2. The average molecular weight is 470 g/mol. The lowest BCUT2D eigenvalue weighted by molar-refractivity contribution is -0.132. The summed E-state index contributed by atoms with van der Waals surface area (Å²) in [7, 11) is 2.99. The van der Waals surface area contributed by atoms with Gasteiger partial charge in [-0.1, -0.05) is 17.7 Å². The van der Waals surface area contributed by atoms with Crippen LogP contribution in [0.25, 0.3) is 5.76 Å². The van der Waals surface area contributed by atoms with Crippen molar-refractivity contribution in [3.05, 3.63) is 80.5 Å². The Morgan fingerprint density at radius 3 is 2.53 bits per heavy atom. The minimum Gasteiger partial charge on any atom is -0.507 e. The number of ketones is 1. The quantitative estimate of drug-likeness (QED) is 0.309. The number of thiophene rings is 1. The number of hydrogen-bond donors (Lipinski definition) is 1. The molecule has 3 aromatic rings. The molecule has 164 valence electrons. The Morgan fingerprint density at radius 2 is 1.88 bits per heavy atom. The number of hydrogen-bond acceptors (Lipinski definition) is 6. The zero-order valence-corrected chi connectivity index (χ0v) is 19.2. The second kappa shape index (κ2) is 8.68. The van der Waals surface area contributed by atoms with Gasteiger partial charge in [-0.2, -0.15) is 0 Å². The molecule has 1 fully saturated rings. The number of nitrogens with zero attached hydrogens (tertiary/aromatic N) is 1. The van der Waals surface area contributed by atoms with Crippen molar-refractivity contribution < 1.29 is 24.2 Å². The van der Waals surface area contributed by atoms with Crippen LogP contribution in [-0.4, -0.2) is 31.0 Å². The summed E-state index contributed by atoms with van der Waals surface area (Å²) >= 11 is 7.53. The lowest BCUT2D eigenvalue weighted by Gasteiger charge is -2.25. The lowest BCUT2D eigenvalue weighted by Crippen LogP contribution is -2.29. The van der Waals surface area contributed by atoms with Crippen LogP contribution in [0.5, 0.6) is 11.5 Å². The summed E-state index contributed by atoms with van der Waals surface area (Å²) in [6.07, 6.45) is 0. The van der Waals surface area contributed by atoms with E-state index in [0.29, 0.717) is 27.8 Å². The van der Waals surface area contributed by atoms with Crippen molar-refractivity contribution in [3.8, 4) is 11.5 Å². The van der Waals surface area contributed by atoms with Crippen molar-refractivity contribution in [2.75, 3.05) is 19.1 Å². The molecule has 32 heavy (non-hydrogen) atoms. The van der Waals surface area contributed by atoms with Crippen molar-refractivity contribution in [2.45, 2.75) is 13.0 Å². The zero-order chi connectivity index (χ0) is 23.0. The van der Waals surface area contributed by atoms with Crippen molar-refractivity contribution in [2.24, 2.45) is 0 Å². The van der Waals surface area contributed by atoms with E-state index in [2.05, 4.69) is 0 Å². The molecule has 1 amide bonds. The van der Waals surface area contributed by atoms with E-state index in [1.54, 1.807) is 36.4 Å². The Morgan fingerprint density at radius 1 is 1.09 bits per heavy atom. The van der Waals surface area contributed by atoms with Crippen LogP contribution in [0.2, 0.25) is 5.02 Å². The smallest absolute Gasteiger partial charge is 0.300 e. The maximum atomic E-state index is 13.2. The number of benzene rings is 2. The summed E-state index contributed by atoms with van der Waals surface area (Å²) in [6, 6.07) is 12.7. The van der Waals surface area contributed by atoms with Gasteiger partial charge in [0.2, 0.25) is 0 Å². The molecule has 1 N–H and O–H groups in total. The fourth-order valence-electron chi connectivity index (χ4n) is 3.73. The Balaban J connectivity index is 1.95. The molecule has 1 saturated heterocycles. The summed E-state index contributed by atoms with van der Waals surface area (Å²) in [5.41, 5.74) is 1.74. The van der Waals surface area contributed by atoms with Crippen LogP contribution in [-0.2, 0) is 9.59 Å². The first-order chi connectivity index (χ1) is 15.4. The second-order valence-corrected chi connectivity index (χ2v) is 8.54. The van der Waals surface area contributed by atoms with E-state index in [1.165, 1.54) is 36.5 Å². The highest BCUT2D eigenvalue weighted by Gasteiger charge is 2.48. The van der Waals surface area contributed by atoms with E-state index in [-0.39, 0.29) is 11.3 Å². The first-order valence-corrected chi connectivity index (χ1v) is 11.0. The van der Waals surface area contributed by atoms with Gasteiger partial charge in [-0.25, -0.2) is 0 Å². The highest BCUT2D eigenvalue weighted by molar-refractivity contribution is 7.10. The van der Waals surface area contributed by atoms with Crippen LogP contribution in [0.1, 0.15) is 22.0 Å². The highest BCUT2D eigenvalue weighted by Crippen LogP contribution is 2.45. The van der Waals surface area contributed by atoms with E-state index in [4.69, 9.17) is 21.1 Å². The van der Waals surface area contributed by atoms with Crippen LogP contribution in [0.15, 0.2) is 59.5 Å². The first kappa shape index (κ1) is 21.9. The van der Waals surface area contributed by atoms with Crippen molar-refractivity contribution in [1.82, 2.24) is 0 Å². The fraction of sp³-hybridized carbons (Fsp3) is 0.167. The van der Waals surface area contributed by atoms with Crippen LogP contribution >= 0.6 is 22.9 Å². The number of aliphatic hydroxyl groups is 1. The minimum absolute atomic E-state index is 0.00717. The van der Waals surface area contributed by atoms with Gasteiger partial charge in [-0.3, -0.25) is 14.5 Å². The number of amides is 1. The molecule has 0 aliphatic carbocycles. The number of methoxy groups -OCH3 is 2. The van der Waals surface area contributed by atoms with Gasteiger partial charge in [0, 0.05) is 22.2 Å². The number of aryl methyl sites for hydroxylation is 1. The largest absolute Gasteiger partial charge is 0.507 e. The van der Waals surface area contributed by atoms with Crippen LogP contribution < -0.4 is 14.4 Å². The van der Waals surface area contributed by atoms with Gasteiger partial charge >= 0.3 is 0 Å². The van der Waals surface area contributed by atoms with Gasteiger partial charge in [0.15, 0.2) is 0 Å². The molecule has 2 heterocycles. The van der Waals surface area contributed by atoms with E-state index >= 15 is 0 Å². The number of halogens is 1. The molecule has 0 bridgehead atoms. The number of carbonyl (C=O) groups excluding carboxylic acids is 2. The number of rotatable bonds is 5. The molecular weight excluding hydrogens is 450 g/mol. The monoisotopic (exact) mass is 469 g/mol. The Kier molecular flexibility index (Phi) is 5.95. The number of anilines is 1. The van der Waals surface area contributed by atoms with Crippen molar-refractivity contribution >= 4 is 46.1 Å². The van der Waals surface area contributed by atoms with E-state index in [0.717, 1.165) is 10.4 Å². The Bertz CT molecular complexity index is 1250. The van der Waals surface area contributed by atoms with Gasteiger partial charge < -0.3 is 14.6 Å². The molecule has 0 spiro atoms. The summed E-state index contributed by atoms with van der Waals surface area (Å²) in [4.78, 5) is 28.6. The Hall–Kier alpha value is -3.29. The van der Waals surface area contributed by atoms with E-state index in [9.17, 15) is 14.7 Å². The molecule has 1 unspecified atom stereocenters. The number of aliphatic hydroxyl groups excluding tert-OH is 1. The highest BCUT2D eigenvalue weighted by atomic mass is 35.5. The van der Waals surface area contributed by atoms with Gasteiger partial charge in [0.25, 0.3) is 11.7 Å². The molecule has 0 radical (unpaired) electrons. The molecule has 8 heteroatoms. The van der Waals surface area contributed by atoms with Gasteiger partial charge in [-0.05, 0) is 54.3 Å². The maximum Gasteiger partial charge on any atom is 0.300 e. The van der Waals surface area contributed by atoms with E-state index in [1.807, 2.05) is 18.4 Å². The van der Waals surface area contributed by atoms with E-state index < -0.39 is 17.7 Å². The second-order valence-electron chi connectivity index (χ2n) is 7.19. The molecule has 0 saturated carbocycles. The molecule has 4 rings (SSSR count). The van der Waals surface area contributed by atoms with Gasteiger partial charge in [0.1, 0.15) is 23.3 Å². The van der Waals surface area contributed by atoms with Crippen molar-refractivity contribution in [3.63, 3.8) is 0 Å². The third kappa shape index (κ3) is 3.63. The summed E-state index contributed by atoms with van der Waals surface area (Å²) in [5.74, 6) is -0.882. The normalized spacial score (nSPS) is 17.6. The third-order valence-corrected chi connectivity index (χ3v) is 6.73. The summed E-state index contributed by atoms with van der Waals surface area (Å²) in [5, 5.41) is 13.5. The third-order valence-electron chi connectivity index (χ3n) is 5.35. The predicted octanol–water partition coefficient (Wildman–Crippen LogP) is 5.35. The SMILES string of the molecule is COc1cccc(N2C(=O)C(=O)/C(=C(\O)c3ccc(Cl)c(OC)c3)C2c2sccc2C)c1. The minimum atomic E-state index is -0.788. The Labute approximate surface area is 194 Å². The predicted molar refractivity (Wildman–Crippen MR) is 125 cm³/mol. The summed E-state index contributed by atoms with van der Waals surface area (Å²) in [6.45, 7) is 1.91. The van der Waals surface area contributed by atoms with Gasteiger partial charge in [0.05, 0.1) is 24.8 Å². The number of ether oxygens (including phenoxy) is 2. The average Bonchev–Trinajstić information content (AvgIpc) is 3.34. The zero-order valence-electron chi connectivity index (χ0n) is 17.6.